The van der Waals surface area contributed by atoms with Gasteiger partial charge in [-0.3, -0.25) is 10.2 Å². The molecule has 2 aromatic rings. The summed E-state index contributed by atoms with van der Waals surface area (Å²) < 4.78 is 11.3. The highest BCUT2D eigenvalue weighted by atomic mass is 16.6. The Balaban J connectivity index is 1.72. The van der Waals surface area contributed by atoms with Crippen LogP contribution in [-0.4, -0.2) is 36.0 Å². The van der Waals surface area contributed by atoms with Crippen LogP contribution in [0.25, 0.3) is 0 Å². The first-order valence-corrected chi connectivity index (χ1v) is 9.94. The molecule has 1 unspecified atom stereocenters. The number of anilines is 2. The second-order valence-corrected chi connectivity index (χ2v) is 8.53. The number of nitrogens with zero attached hydrogens (tertiary/aromatic N) is 1. The predicted molar refractivity (Wildman–Crippen MR) is 116 cm³/mol. The molecule has 7 heteroatoms. The zero-order valence-corrected chi connectivity index (χ0v) is 17.8. The van der Waals surface area contributed by atoms with E-state index in [9.17, 15) is 14.7 Å². The molecule has 2 N–H and O–H groups in total. The van der Waals surface area contributed by atoms with Gasteiger partial charge in [0.15, 0.2) is 0 Å². The van der Waals surface area contributed by atoms with Crippen molar-refractivity contribution in [3.63, 3.8) is 0 Å². The number of aryl methyl sites for hydroxylation is 1. The Bertz CT molecular complexity index is 935. The summed E-state index contributed by atoms with van der Waals surface area (Å²) in [5.41, 5.74) is 2.59. The zero-order chi connectivity index (χ0) is 21.9. The molecular weight excluding hydrogens is 384 g/mol. The van der Waals surface area contributed by atoms with Crippen LogP contribution in [0.5, 0.6) is 5.75 Å². The average Bonchev–Trinajstić information content (AvgIpc) is 2.65. The van der Waals surface area contributed by atoms with Crippen LogP contribution in [0.4, 0.5) is 21.0 Å². The Morgan fingerprint density at radius 2 is 1.93 bits per heavy atom. The fourth-order valence-electron chi connectivity index (χ4n) is 3.46. The van der Waals surface area contributed by atoms with Gasteiger partial charge in [0.1, 0.15) is 11.4 Å². The summed E-state index contributed by atoms with van der Waals surface area (Å²) in [6, 6.07) is 13.0. The highest BCUT2D eigenvalue weighted by Gasteiger charge is 2.28. The number of carboxylic acid groups (broad SMARTS) is 1. The van der Waals surface area contributed by atoms with Crippen molar-refractivity contribution in [2.24, 2.45) is 5.92 Å². The number of fused-ring (bicyclic) bond motifs is 1. The van der Waals surface area contributed by atoms with E-state index in [4.69, 9.17) is 9.47 Å². The van der Waals surface area contributed by atoms with Crippen LogP contribution < -0.4 is 15.0 Å². The zero-order valence-electron chi connectivity index (χ0n) is 17.8. The molecule has 2 amide bonds. The largest absolute Gasteiger partial charge is 0.491 e. The fourth-order valence-corrected chi connectivity index (χ4v) is 3.46. The van der Waals surface area contributed by atoms with Crippen molar-refractivity contribution in [3.05, 3.63) is 53.6 Å². The number of nitrogens with one attached hydrogen (secondary N) is 1. The lowest BCUT2D eigenvalue weighted by atomic mass is 9.93. The van der Waals surface area contributed by atoms with Crippen molar-refractivity contribution in [3.8, 4) is 5.75 Å². The van der Waals surface area contributed by atoms with Gasteiger partial charge >= 0.3 is 12.2 Å². The molecule has 0 aliphatic carbocycles. The van der Waals surface area contributed by atoms with Gasteiger partial charge in [-0.1, -0.05) is 24.3 Å². The molecule has 2 aromatic carbocycles. The van der Waals surface area contributed by atoms with Crippen molar-refractivity contribution < 1.29 is 24.2 Å². The van der Waals surface area contributed by atoms with E-state index in [1.54, 1.807) is 26.8 Å². The molecule has 1 heterocycles. The van der Waals surface area contributed by atoms with Crippen LogP contribution in [0.1, 0.15) is 31.9 Å². The first-order valence-electron chi connectivity index (χ1n) is 9.94. The van der Waals surface area contributed by atoms with Crippen molar-refractivity contribution in [2.45, 2.75) is 39.7 Å². The smallest absolute Gasteiger partial charge is 0.412 e. The summed E-state index contributed by atoms with van der Waals surface area (Å²) in [5, 5.41) is 12.3. The number of amides is 2. The molecule has 1 atom stereocenters. The molecule has 160 valence electrons. The van der Waals surface area contributed by atoms with E-state index in [1.165, 1.54) is 4.90 Å². The standard InChI is InChI=1S/C23H28N2O5/c1-15-9-10-20(18(11-15)24-21(26)30-23(2,3)4)29-14-16-12-17-7-5-6-8-19(17)25(13-16)22(27)28/h5-11,16H,12-14H2,1-4H3,(H,24,26)(H,27,28). The summed E-state index contributed by atoms with van der Waals surface area (Å²) >= 11 is 0. The van der Waals surface area contributed by atoms with Crippen molar-refractivity contribution in [1.29, 1.82) is 0 Å². The van der Waals surface area contributed by atoms with E-state index in [-0.39, 0.29) is 5.92 Å². The van der Waals surface area contributed by atoms with Gasteiger partial charge in [0.05, 0.1) is 18.0 Å². The third-order valence-corrected chi connectivity index (χ3v) is 4.71. The monoisotopic (exact) mass is 412 g/mol. The van der Waals surface area contributed by atoms with E-state index in [1.807, 2.05) is 43.3 Å². The average molecular weight is 412 g/mol. The quantitative estimate of drug-likeness (QED) is 0.731. The van der Waals surface area contributed by atoms with Gasteiger partial charge in [-0.2, -0.15) is 0 Å². The highest BCUT2D eigenvalue weighted by Crippen LogP contribution is 2.31. The van der Waals surface area contributed by atoms with Crippen molar-refractivity contribution >= 4 is 23.6 Å². The molecule has 0 spiro atoms. The van der Waals surface area contributed by atoms with E-state index in [0.29, 0.717) is 24.6 Å². The molecule has 1 aliphatic rings. The molecule has 7 nitrogen and oxygen atoms in total. The Morgan fingerprint density at radius 1 is 1.20 bits per heavy atom. The number of carbonyl (C=O) groups excluding carboxylic acids is 1. The van der Waals surface area contributed by atoms with E-state index >= 15 is 0 Å². The fraction of sp³-hybridized carbons (Fsp3) is 0.391. The van der Waals surface area contributed by atoms with Crippen LogP contribution in [0.15, 0.2) is 42.5 Å². The van der Waals surface area contributed by atoms with Crippen LogP contribution in [0, 0.1) is 12.8 Å². The lowest BCUT2D eigenvalue weighted by Crippen LogP contribution is -2.41. The third-order valence-electron chi connectivity index (χ3n) is 4.71. The minimum atomic E-state index is -0.977. The summed E-state index contributed by atoms with van der Waals surface area (Å²) in [7, 11) is 0. The number of carbonyl (C=O) groups is 2. The lowest BCUT2D eigenvalue weighted by molar-refractivity contribution is 0.0635. The van der Waals surface area contributed by atoms with Gasteiger partial charge in [0, 0.05) is 12.5 Å². The summed E-state index contributed by atoms with van der Waals surface area (Å²) in [6.45, 7) is 8.00. The van der Waals surface area contributed by atoms with Crippen molar-refractivity contribution in [1.82, 2.24) is 0 Å². The molecule has 30 heavy (non-hydrogen) atoms. The van der Waals surface area contributed by atoms with Crippen LogP contribution in [-0.2, 0) is 11.2 Å². The van der Waals surface area contributed by atoms with Gasteiger partial charge < -0.3 is 14.6 Å². The number of hydrogen-bond acceptors (Lipinski definition) is 4. The van der Waals surface area contributed by atoms with Gasteiger partial charge in [-0.25, -0.2) is 9.59 Å². The van der Waals surface area contributed by atoms with Gasteiger partial charge in [0.2, 0.25) is 0 Å². The van der Waals surface area contributed by atoms with E-state index in [2.05, 4.69) is 5.32 Å². The molecule has 0 radical (unpaired) electrons. The molecule has 0 bridgehead atoms. The maximum Gasteiger partial charge on any atom is 0.412 e. The minimum Gasteiger partial charge on any atom is -0.491 e. The lowest BCUT2D eigenvalue weighted by Gasteiger charge is -2.32. The Kier molecular flexibility index (Phi) is 6.20. The van der Waals surface area contributed by atoms with Crippen LogP contribution in [0.2, 0.25) is 0 Å². The molecule has 1 aliphatic heterocycles. The molecule has 0 fully saturated rings. The maximum absolute atomic E-state index is 12.2. The number of para-hydroxylation sites is 1. The minimum absolute atomic E-state index is 0.00770. The first kappa shape index (κ1) is 21.5. The predicted octanol–water partition coefficient (Wildman–Crippen LogP) is 5.08. The normalized spacial score (nSPS) is 15.9. The molecule has 0 saturated carbocycles. The highest BCUT2D eigenvalue weighted by molar-refractivity contribution is 5.88. The van der Waals surface area contributed by atoms with Crippen LogP contribution in [0.3, 0.4) is 0 Å². The van der Waals surface area contributed by atoms with E-state index < -0.39 is 17.8 Å². The SMILES string of the molecule is Cc1ccc(OCC2Cc3ccccc3N(C(=O)O)C2)c(NC(=O)OC(C)(C)C)c1. The van der Waals surface area contributed by atoms with Gasteiger partial charge in [-0.15, -0.1) is 0 Å². The molecular formula is C23H28N2O5. The second kappa shape index (κ2) is 8.65. The van der Waals surface area contributed by atoms with Gasteiger partial charge in [0.25, 0.3) is 0 Å². The number of rotatable bonds is 4. The summed E-state index contributed by atoms with van der Waals surface area (Å²) in [6.07, 6.45) is -0.808. The number of benzene rings is 2. The Labute approximate surface area is 176 Å². The van der Waals surface area contributed by atoms with Crippen LogP contribution >= 0.6 is 0 Å². The Morgan fingerprint density at radius 3 is 2.63 bits per heavy atom. The molecule has 0 saturated heterocycles. The molecule has 3 rings (SSSR count). The van der Waals surface area contributed by atoms with E-state index in [0.717, 1.165) is 23.2 Å². The number of ether oxygens (including phenoxy) is 2. The third kappa shape index (κ3) is 5.43. The Hall–Kier alpha value is -3.22. The summed E-state index contributed by atoms with van der Waals surface area (Å²) in [5.74, 6) is 0.513. The van der Waals surface area contributed by atoms with Crippen molar-refractivity contribution in [2.75, 3.05) is 23.4 Å². The maximum atomic E-state index is 12.2. The number of hydrogen-bond donors (Lipinski definition) is 2. The second-order valence-electron chi connectivity index (χ2n) is 8.53. The van der Waals surface area contributed by atoms with Gasteiger partial charge in [-0.05, 0) is 63.4 Å². The first-order chi connectivity index (χ1) is 14.1. The molecule has 0 aromatic heterocycles. The topological polar surface area (TPSA) is 88.1 Å². The summed E-state index contributed by atoms with van der Waals surface area (Å²) in [4.78, 5) is 25.2.